The molecule has 2 aromatic heterocycles. The van der Waals surface area contributed by atoms with Crippen LogP contribution >= 0.6 is 11.6 Å². The first-order valence-electron chi connectivity index (χ1n) is 8.78. The molecule has 5 nitrogen and oxygen atoms in total. The number of fused-ring (bicyclic) bond motifs is 1. The number of hydrogen-bond donors (Lipinski definition) is 2. The highest BCUT2D eigenvalue weighted by Crippen LogP contribution is 2.31. The standard InChI is InChI=1S/C22H18ClN3O2/c1-26-20(22(28)25-11-14-4-2-6-16(23)8-14)10-18-19(12-24-13-21(18)26)15-5-3-7-17(27)9-15/h2-10,12-13,27H,11H2,1H3,(H,25,28). The Hall–Kier alpha value is -3.31. The summed E-state index contributed by atoms with van der Waals surface area (Å²) < 4.78 is 1.82. The van der Waals surface area contributed by atoms with Gasteiger partial charge in [-0.2, -0.15) is 0 Å². The van der Waals surface area contributed by atoms with Gasteiger partial charge in [0.2, 0.25) is 0 Å². The Bertz CT molecular complexity index is 1180. The van der Waals surface area contributed by atoms with Crippen molar-refractivity contribution in [2.75, 3.05) is 0 Å². The molecule has 0 atom stereocenters. The molecule has 2 heterocycles. The number of phenols is 1. The van der Waals surface area contributed by atoms with Crippen LogP contribution in [0.5, 0.6) is 5.75 Å². The summed E-state index contributed by atoms with van der Waals surface area (Å²) in [5.74, 6) is 0.00505. The number of amides is 1. The summed E-state index contributed by atoms with van der Waals surface area (Å²) in [4.78, 5) is 17.1. The summed E-state index contributed by atoms with van der Waals surface area (Å²) in [5, 5.41) is 14.3. The van der Waals surface area contributed by atoms with Crippen molar-refractivity contribution in [1.82, 2.24) is 14.9 Å². The minimum atomic E-state index is -0.180. The summed E-state index contributed by atoms with van der Waals surface area (Å²) in [7, 11) is 1.84. The predicted octanol–water partition coefficient (Wildman–Crippen LogP) is 4.53. The average molecular weight is 392 g/mol. The molecular formula is C22H18ClN3O2. The van der Waals surface area contributed by atoms with E-state index in [2.05, 4.69) is 10.3 Å². The molecule has 6 heteroatoms. The van der Waals surface area contributed by atoms with Gasteiger partial charge in [0, 0.05) is 35.8 Å². The Kier molecular flexibility index (Phi) is 4.75. The van der Waals surface area contributed by atoms with Gasteiger partial charge in [0.15, 0.2) is 0 Å². The molecule has 4 rings (SSSR count). The van der Waals surface area contributed by atoms with E-state index in [0.717, 1.165) is 27.6 Å². The van der Waals surface area contributed by atoms with Crippen molar-refractivity contribution >= 4 is 28.4 Å². The first-order valence-corrected chi connectivity index (χ1v) is 9.16. The second-order valence-corrected chi connectivity index (χ2v) is 7.01. The van der Waals surface area contributed by atoms with Crippen molar-refractivity contribution in [3.05, 3.63) is 83.3 Å². The third kappa shape index (κ3) is 3.44. The first kappa shape index (κ1) is 18.1. The van der Waals surface area contributed by atoms with E-state index >= 15 is 0 Å². The Morgan fingerprint density at radius 3 is 2.75 bits per heavy atom. The number of pyridine rings is 1. The molecule has 0 aliphatic carbocycles. The lowest BCUT2D eigenvalue weighted by Gasteiger charge is -2.07. The third-order valence-electron chi connectivity index (χ3n) is 4.70. The number of benzene rings is 2. The van der Waals surface area contributed by atoms with Gasteiger partial charge in [-0.25, -0.2) is 0 Å². The van der Waals surface area contributed by atoms with Gasteiger partial charge in [0.1, 0.15) is 11.4 Å². The number of aryl methyl sites for hydroxylation is 1. The minimum Gasteiger partial charge on any atom is -0.508 e. The van der Waals surface area contributed by atoms with Crippen LogP contribution in [0.25, 0.3) is 22.0 Å². The molecule has 0 fully saturated rings. The molecule has 0 radical (unpaired) electrons. The van der Waals surface area contributed by atoms with E-state index in [1.807, 2.05) is 41.9 Å². The third-order valence-corrected chi connectivity index (χ3v) is 4.94. The monoisotopic (exact) mass is 391 g/mol. The number of aromatic hydroxyl groups is 1. The molecule has 2 N–H and O–H groups in total. The molecule has 28 heavy (non-hydrogen) atoms. The lowest BCUT2D eigenvalue weighted by atomic mass is 10.0. The van der Waals surface area contributed by atoms with Crippen molar-refractivity contribution in [3.63, 3.8) is 0 Å². The number of carbonyl (C=O) groups is 1. The summed E-state index contributed by atoms with van der Waals surface area (Å²) >= 11 is 6.00. The highest BCUT2D eigenvalue weighted by atomic mass is 35.5. The van der Waals surface area contributed by atoms with Gasteiger partial charge in [-0.15, -0.1) is 0 Å². The zero-order valence-corrected chi connectivity index (χ0v) is 15.9. The van der Waals surface area contributed by atoms with Crippen LogP contribution in [0.1, 0.15) is 16.1 Å². The van der Waals surface area contributed by atoms with Gasteiger partial charge in [0.25, 0.3) is 5.91 Å². The quantitative estimate of drug-likeness (QED) is 0.537. The van der Waals surface area contributed by atoms with Crippen LogP contribution < -0.4 is 5.32 Å². The molecule has 1 amide bonds. The van der Waals surface area contributed by atoms with Gasteiger partial charge in [-0.3, -0.25) is 9.78 Å². The smallest absolute Gasteiger partial charge is 0.268 e. The maximum atomic E-state index is 12.8. The number of halogens is 1. The van der Waals surface area contributed by atoms with Crippen molar-refractivity contribution in [2.45, 2.75) is 6.54 Å². The number of nitrogens with one attached hydrogen (secondary N) is 1. The van der Waals surface area contributed by atoms with Crippen molar-refractivity contribution in [3.8, 4) is 16.9 Å². The number of carbonyl (C=O) groups excluding carboxylic acids is 1. The largest absolute Gasteiger partial charge is 0.508 e. The Morgan fingerprint density at radius 1 is 1.14 bits per heavy atom. The van der Waals surface area contributed by atoms with E-state index in [1.54, 1.807) is 36.7 Å². The van der Waals surface area contributed by atoms with Crippen molar-refractivity contribution in [1.29, 1.82) is 0 Å². The molecule has 140 valence electrons. The highest BCUT2D eigenvalue weighted by molar-refractivity contribution is 6.30. The van der Waals surface area contributed by atoms with Crippen molar-refractivity contribution in [2.24, 2.45) is 7.05 Å². The molecule has 0 spiro atoms. The van der Waals surface area contributed by atoms with Gasteiger partial charge >= 0.3 is 0 Å². The zero-order valence-electron chi connectivity index (χ0n) is 15.2. The van der Waals surface area contributed by atoms with Crippen LogP contribution in [0.3, 0.4) is 0 Å². The summed E-state index contributed by atoms with van der Waals surface area (Å²) in [5.41, 5.74) is 4.01. The molecule has 0 aliphatic rings. The highest BCUT2D eigenvalue weighted by Gasteiger charge is 2.16. The molecular weight excluding hydrogens is 374 g/mol. The molecule has 0 saturated heterocycles. The molecule has 0 bridgehead atoms. The predicted molar refractivity (Wildman–Crippen MR) is 110 cm³/mol. The topological polar surface area (TPSA) is 67.2 Å². The fourth-order valence-corrected chi connectivity index (χ4v) is 3.50. The van der Waals surface area contributed by atoms with Crippen molar-refractivity contribution < 1.29 is 9.90 Å². The first-order chi connectivity index (χ1) is 13.5. The number of phenolic OH excluding ortho intramolecular Hbond substituents is 1. The van der Waals surface area contributed by atoms with Crippen LogP contribution in [-0.4, -0.2) is 20.6 Å². The normalized spacial score (nSPS) is 10.9. The SMILES string of the molecule is Cn1c(C(=O)NCc2cccc(Cl)c2)cc2c(-c3cccc(O)c3)cncc21. The number of rotatable bonds is 4. The van der Waals surface area contributed by atoms with E-state index in [9.17, 15) is 9.90 Å². The summed E-state index contributed by atoms with van der Waals surface area (Å²) in [6.07, 6.45) is 3.47. The Morgan fingerprint density at radius 2 is 1.96 bits per heavy atom. The fourth-order valence-electron chi connectivity index (χ4n) is 3.28. The van der Waals surface area contributed by atoms with E-state index in [0.29, 0.717) is 17.3 Å². The Labute approximate surface area is 167 Å². The van der Waals surface area contributed by atoms with Gasteiger partial charge in [-0.05, 0) is 41.5 Å². The fraction of sp³-hybridized carbons (Fsp3) is 0.0909. The lowest BCUT2D eigenvalue weighted by molar-refractivity contribution is 0.0943. The van der Waals surface area contributed by atoms with Crippen LogP contribution in [0.15, 0.2) is 67.0 Å². The van der Waals surface area contributed by atoms with E-state index in [1.165, 1.54) is 0 Å². The van der Waals surface area contributed by atoms with Gasteiger partial charge in [-0.1, -0.05) is 35.9 Å². The second-order valence-electron chi connectivity index (χ2n) is 6.57. The maximum Gasteiger partial charge on any atom is 0.268 e. The Balaban J connectivity index is 1.67. The van der Waals surface area contributed by atoms with Crippen LogP contribution in [-0.2, 0) is 13.6 Å². The summed E-state index contributed by atoms with van der Waals surface area (Å²) in [6, 6.07) is 16.2. The molecule has 2 aromatic carbocycles. The van der Waals surface area contributed by atoms with Gasteiger partial charge < -0.3 is 15.0 Å². The molecule has 0 aliphatic heterocycles. The number of aromatic nitrogens is 2. The zero-order chi connectivity index (χ0) is 19.7. The van der Waals surface area contributed by atoms with Crippen LogP contribution in [0, 0.1) is 0 Å². The lowest BCUT2D eigenvalue weighted by Crippen LogP contribution is -2.24. The average Bonchev–Trinajstić information content (AvgIpc) is 3.03. The van der Waals surface area contributed by atoms with Crippen LogP contribution in [0.4, 0.5) is 0 Å². The molecule has 4 aromatic rings. The molecule has 0 saturated carbocycles. The summed E-state index contributed by atoms with van der Waals surface area (Å²) in [6.45, 7) is 0.387. The minimum absolute atomic E-state index is 0.180. The van der Waals surface area contributed by atoms with E-state index in [-0.39, 0.29) is 11.7 Å². The maximum absolute atomic E-state index is 12.8. The van der Waals surface area contributed by atoms with E-state index < -0.39 is 0 Å². The number of nitrogens with zero attached hydrogens (tertiary/aromatic N) is 2. The van der Waals surface area contributed by atoms with E-state index in [4.69, 9.17) is 11.6 Å². The molecule has 0 unspecified atom stereocenters. The number of hydrogen-bond acceptors (Lipinski definition) is 3. The van der Waals surface area contributed by atoms with Gasteiger partial charge in [0.05, 0.1) is 11.7 Å². The second kappa shape index (κ2) is 7.37. The van der Waals surface area contributed by atoms with Crippen LogP contribution in [0.2, 0.25) is 5.02 Å².